The summed E-state index contributed by atoms with van der Waals surface area (Å²) in [4.78, 5) is 58.3. The van der Waals surface area contributed by atoms with Crippen molar-refractivity contribution < 1.29 is 19.2 Å². The highest BCUT2D eigenvalue weighted by Gasteiger charge is 2.23. The molecule has 4 aromatic rings. The van der Waals surface area contributed by atoms with E-state index < -0.39 is 11.8 Å². The summed E-state index contributed by atoms with van der Waals surface area (Å²) < 4.78 is 0. The number of aromatic nitrogens is 1. The number of primary amides is 1. The Labute approximate surface area is 238 Å². The lowest BCUT2D eigenvalue weighted by Crippen LogP contribution is -2.47. The molecule has 1 saturated heterocycles. The summed E-state index contributed by atoms with van der Waals surface area (Å²) in [6, 6.07) is 14.4. The maximum absolute atomic E-state index is 13.3. The van der Waals surface area contributed by atoms with Gasteiger partial charge in [-0.2, -0.15) is 0 Å². The third-order valence-corrected chi connectivity index (χ3v) is 7.94. The van der Waals surface area contributed by atoms with Gasteiger partial charge in [0.15, 0.2) is 0 Å². The summed E-state index contributed by atoms with van der Waals surface area (Å²) in [6.07, 6.45) is 1.87. The van der Waals surface area contributed by atoms with Crippen LogP contribution in [0, 0.1) is 6.92 Å². The molecule has 212 valence electrons. The van der Waals surface area contributed by atoms with Crippen LogP contribution in [0.25, 0.3) is 32.9 Å². The molecule has 9 nitrogen and oxygen atoms in total. The van der Waals surface area contributed by atoms with E-state index in [1.165, 1.54) is 0 Å². The van der Waals surface area contributed by atoms with E-state index in [0.717, 1.165) is 41.4 Å². The van der Waals surface area contributed by atoms with Crippen molar-refractivity contribution in [3.05, 3.63) is 70.8 Å². The average molecular weight is 554 g/mol. The van der Waals surface area contributed by atoms with Gasteiger partial charge in [0.25, 0.3) is 17.7 Å². The van der Waals surface area contributed by atoms with Crippen LogP contribution in [0.4, 0.5) is 0 Å². The third-order valence-electron chi connectivity index (χ3n) is 7.94. The van der Waals surface area contributed by atoms with Gasteiger partial charge in [0, 0.05) is 60.0 Å². The second-order valence-electron chi connectivity index (χ2n) is 10.7. The molecule has 5 rings (SSSR count). The first-order valence-corrected chi connectivity index (χ1v) is 14.0. The molecule has 0 unspecified atom stereocenters. The molecule has 9 heteroatoms. The van der Waals surface area contributed by atoms with E-state index in [1.807, 2.05) is 56.1 Å². The van der Waals surface area contributed by atoms with E-state index in [9.17, 15) is 19.2 Å². The Morgan fingerprint density at radius 1 is 0.951 bits per heavy atom. The van der Waals surface area contributed by atoms with Gasteiger partial charge in [-0.15, -0.1) is 0 Å². The molecule has 4 amide bonds. The monoisotopic (exact) mass is 553 g/mol. The molecule has 1 aromatic heterocycles. The molecule has 0 aliphatic carbocycles. The van der Waals surface area contributed by atoms with Crippen molar-refractivity contribution >= 4 is 45.4 Å². The highest BCUT2D eigenvalue weighted by molar-refractivity contribution is 6.21. The van der Waals surface area contributed by atoms with Gasteiger partial charge in [-0.3, -0.25) is 24.5 Å². The number of likely N-dealkylation sites (N-methyl/N-ethyl adjacent to an activating group) is 1. The van der Waals surface area contributed by atoms with Gasteiger partial charge in [0.05, 0.1) is 11.1 Å². The fraction of sp³-hybridized carbons (Fsp3) is 0.312. The molecular formula is C32H35N5O4. The highest BCUT2D eigenvalue weighted by atomic mass is 16.2. The Morgan fingerprint density at radius 3 is 2.41 bits per heavy atom. The Morgan fingerprint density at radius 2 is 1.71 bits per heavy atom. The normalized spacial score (nSPS) is 14.0. The first-order valence-electron chi connectivity index (χ1n) is 14.0. The second kappa shape index (κ2) is 11.5. The molecule has 0 radical (unpaired) electrons. The fourth-order valence-electron chi connectivity index (χ4n) is 5.53. The minimum atomic E-state index is -0.572. The van der Waals surface area contributed by atoms with Crippen LogP contribution in [-0.2, 0) is 4.79 Å². The molecule has 2 heterocycles. The Hall–Kier alpha value is -4.50. The maximum atomic E-state index is 13.3. The topological polar surface area (TPSA) is 129 Å². The van der Waals surface area contributed by atoms with Crippen molar-refractivity contribution in [1.29, 1.82) is 0 Å². The zero-order valence-corrected chi connectivity index (χ0v) is 23.7. The summed E-state index contributed by atoms with van der Waals surface area (Å²) in [5.41, 5.74) is 10.6. The lowest BCUT2D eigenvalue weighted by atomic mass is 9.91. The smallest absolute Gasteiger partial charge is 0.258 e. The molecule has 0 atom stereocenters. The van der Waals surface area contributed by atoms with Crippen LogP contribution in [0.5, 0.6) is 0 Å². The largest absolute Gasteiger partial charge is 0.366 e. The van der Waals surface area contributed by atoms with E-state index in [0.29, 0.717) is 59.2 Å². The van der Waals surface area contributed by atoms with Crippen LogP contribution >= 0.6 is 0 Å². The number of nitrogens with zero attached hydrogens (tertiary/aromatic N) is 2. The van der Waals surface area contributed by atoms with Crippen molar-refractivity contribution in [3.8, 4) is 11.1 Å². The van der Waals surface area contributed by atoms with Crippen LogP contribution in [0.15, 0.2) is 48.5 Å². The van der Waals surface area contributed by atoms with E-state index in [2.05, 4.69) is 15.2 Å². The lowest BCUT2D eigenvalue weighted by Gasteiger charge is -2.32. The Balaban J connectivity index is 1.59. The number of hydrogen-bond acceptors (Lipinski definition) is 5. The minimum Gasteiger partial charge on any atom is -0.366 e. The summed E-state index contributed by atoms with van der Waals surface area (Å²) >= 11 is 0. The van der Waals surface area contributed by atoms with E-state index in [1.54, 1.807) is 18.2 Å². The molecule has 0 spiro atoms. The van der Waals surface area contributed by atoms with Gasteiger partial charge in [0.1, 0.15) is 0 Å². The quantitative estimate of drug-likeness (QED) is 0.316. The minimum absolute atomic E-state index is 0.0305. The van der Waals surface area contributed by atoms with E-state index in [4.69, 9.17) is 5.73 Å². The maximum Gasteiger partial charge on any atom is 0.258 e. The van der Waals surface area contributed by atoms with Crippen molar-refractivity contribution in [1.82, 2.24) is 20.1 Å². The standard InChI is InChI=1S/C32H35N5O4/c1-4-5-9-27(38)35-31(40)22-8-6-7-21(19(22)2)23-12-13-25(30(33)39)29-28(23)24-11-10-20(18-26(24)34-29)32(41)37-16-14-36(3)15-17-37/h6-8,10-13,18,34H,4-5,9,14-17H2,1-3H3,(H2,33,39)(H,35,38,40). The molecular weight excluding hydrogens is 518 g/mol. The van der Waals surface area contributed by atoms with Crippen LogP contribution in [-0.4, -0.2) is 71.6 Å². The van der Waals surface area contributed by atoms with Crippen LogP contribution in [0.3, 0.4) is 0 Å². The number of fused-ring (bicyclic) bond motifs is 3. The Kier molecular flexibility index (Phi) is 7.90. The zero-order chi connectivity index (χ0) is 29.3. The third kappa shape index (κ3) is 5.45. The van der Waals surface area contributed by atoms with Crippen LogP contribution in [0.1, 0.15) is 62.8 Å². The van der Waals surface area contributed by atoms with Crippen molar-refractivity contribution in [3.63, 3.8) is 0 Å². The molecule has 3 aromatic carbocycles. The number of piperazine rings is 1. The number of hydrogen-bond donors (Lipinski definition) is 3. The number of amides is 4. The van der Waals surface area contributed by atoms with E-state index >= 15 is 0 Å². The van der Waals surface area contributed by atoms with Gasteiger partial charge < -0.3 is 20.5 Å². The number of benzene rings is 3. The number of imide groups is 1. The molecule has 0 saturated carbocycles. The molecule has 0 bridgehead atoms. The number of H-pyrrole nitrogens is 1. The van der Waals surface area contributed by atoms with Gasteiger partial charge in [-0.25, -0.2) is 0 Å². The molecule has 1 aliphatic rings. The van der Waals surface area contributed by atoms with Crippen LogP contribution in [0.2, 0.25) is 0 Å². The molecule has 1 fully saturated rings. The van der Waals surface area contributed by atoms with Crippen LogP contribution < -0.4 is 11.1 Å². The number of nitrogens with one attached hydrogen (secondary N) is 2. The first kappa shape index (κ1) is 28.0. The number of aromatic amines is 1. The predicted octanol–water partition coefficient (Wildman–Crippen LogP) is 4.23. The van der Waals surface area contributed by atoms with Gasteiger partial charge >= 0.3 is 0 Å². The average Bonchev–Trinajstić information content (AvgIpc) is 3.34. The molecule has 41 heavy (non-hydrogen) atoms. The number of carbonyl (C=O) groups excluding carboxylic acids is 4. The Bertz CT molecular complexity index is 1680. The summed E-state index contributed by atoms with van der Waals surface area (Å²) in [6.45, 7) is 6.83. The fourth-order valence-corrected chi connectivity index (χ4v) is 5.53. The highest BCUT2D eigenvalue weighted by Crippen LogP contribution is 2.38. The number of unbranched alkanes of at least 4 members (excludes halogenated alkanes) is 1. The number of carbonyl (C=O) groups is 4. The SMILES string of the molecule is CCCCC(=O)NC(=O)c1cccc(-c2ccc(C(N)=O)c3[nH]c4cc(C(=O)N5CCN(C)CC5)ccc4c23)c1C. The van der Waals surface area contributed by atoms with Gasteiger partial charge in [-0.05, 0) is 61.3 Å². The first-order chi connectivity index (χ1) is 19.7. The van der Waals surface area contributed by atoms with Crippen molar-refractivity contribution in [2.75, 3.05) is 33.2 Å². The predicted molar refractivity (Wildman–Crippen MR) is 160 cm³/mol. The van der Waals surface area contributed by atoms with Crippen molar-refractivity contribution in [2.45, 2.75) is 33.1 Å². The number of rotatable bonds is 7. The molecule has 4 N–H and O–H groups in total. The van der Waals surface area contributed by atoms with E-state index in [-0.39, 0.29) is 11.8 Å². The second-order valence-corrected chi connectivity index (χ2v) is 10.7. The van der Waals surface area contributed by atoms with Crippen molar-refractivity contribution in [2.24, 2.45) is 5.73 Å². The molecule has 1 aliphatic heterocycles. The summed E-state index contributed by atoms with van der Waals surface area (Å²) in [5.74, 6) is -1.34. The number of nitrogens with two attached hydrogens (primary N) is 1. The summed E-state index contributed by atoms with van der Waals surface area (Å²) in [7, 11) is 2.04. The zero-order valence-electron chi connectivity index (χ0n) is 23.7. The summed E-state index contributed by atoms with van der Waals surface area (Å²) in [5, 5.41) is 4.10. The van der Waals surface area contributed by atoms with Gasteiger partial charge in [-0.1, -0.05) is 37.6 Å². The van der Waals surface area contributed by atoms with Gasteiger partial charge in [0.2, 0.25) is 5.91 Å². The lowest BCUT2D eigenvalue weighted by molar-refractivity contribution is -0.120.